The lowest BCUT2D eigenvalue weighted by Crippen LogP contribution is -2.28. The first kappa shape index (κ1) is 9.75. The van der Waals surface area contributed by atoms with Crippen molar-refractivity contribution in [2.75, 3.05) is 17.3 Å². The van der Waals surface area contributed by atoms with Gasteiger partial charge in [-0.05, 0) is 6.42 Å². The Balaban J connectivity index is 2.21. The Kier molecular flexibility index (Phi) is 4.72. The summed E-state index contributed by atoms with van der Waals surface area (Å²) in [5.41, 5.74) is 0. The molecule has 1 rings (SSSR count). The first-order valence-corrected chi connectivity index (χ1v) is 6.42. The second-order valence-corrected chi connectivity index (χ2v) is 5.34. The van der Waals surface area contributed by atoms with Crippen LogP contribution in [0.25, 0.3) is 0 Å². The zero-order valence-corrected chi connectivity index (χ0v) is 8.59. The van der Waals surface area contributed by atoms with Crippen molar-refractivity contribution in [2.45, 2.75) is 31.1 Å². The Hall–Kier alpha value is 0.660. The summed E-state index contributed by atoms with van der Waals surface area (Å²) < 4.78 is 0. The molecule has 11 heavy (non-hydrogen) atoms. The summed E-state index contributed by atoms with van der Waals surface area (Å²) in [5.74, 6) is 3.63. The number of thioether (sulfide) groups is 2. The van der Waals surface area contributed by atoms with Crippen LogP contribution in [-0.4, -0.2) is 33.7 Å². The molecule has 1 N–H and O–H groups in total. The summed E-state index contributed by atoms with van der Waals surface area (Å²) >= 11 is 3.92. The van der Waals surface area contributed by atoms with E-state index in [1.807, 2.05) is 23.5 Å². The SMILES string of the molecule is CCCC(O)C1CSCCS1. The lowest BCUT2D eigenvalue weighted by Gasteiger charge is -2.25. The fourth-order valence-electron chi connectivity index (χ4n) is 1.21. The molecule has 0 aliphatic carbocycles. The van der Waals surface area contributed by atoms with Crippen LogP contribution >= 0.6 is 23.5 Å². The summed E-state index contributed by atoms with van der Waals surface area (Å²) in [5, 5.41) is 10.1. The van der Waals surface area contributed by atoms with Crippen molar-refractivity contribution >= 4 is 23.5 Å². The third-order valence-corrected chi connectivity index (χ3v) is 4.76. The molecular weight excluding hydrogens is 176 g/mol. The van der Waals surface area contributed by atoms with Gasteiger partial charge in [-0.2, -0.15) is 23.5 Å². The Labute approximate surface area is 77.3 Å². The van der Waals surface area contributed by atoms with E-state index < -0.39 is 0 Å². The highest BCUT2D eigenvalue weighted by molar-refractivity contribution is 8.06. The molecule has 0 aromatic carbocycles. The molecule has 1 aliphatic heterocycles. The molecule has 66 valence electrons. The zero-order chi connectivity index (χ0) is 8.10. The van der Waals surface area contributed by atoms with Crippen LogP contribution < -0.4 is 0 Å². The van der Waals surface area contributed by atoms with Gasteiger partial charge in [0.25, 0.3) is 0 Å². The quantitative estimate of drug-likeness (QED) is 0.738. The normalized spacial score (nSPS) is 28.4. The molecule has 1 aliphatic rings. The van der Waals surface area contributed by atoms with Crippen LogP contribution in [0.4, 0.5) is 0 Å². The Morgan fingerprint density at radius 3 is 2.91 bits per heavy atom. The van der Waals surface area contributed by atoms with E-state index in [4.69, 9.17) is 0 Å². The molecular formula is C8H16OS2. The molecule has 1 saturated heterocycles. The van der Waals surface area contributed by atoms with Gasteiger partial charge in [0.15, 0.2) is 0 Å². The predicted octanol–water partition coefficient (Wildman–Crippen LogP) is 2.00. The summed E-state index contributed by atoms with van der Waals surface area (Å²) in [4.78, 5) is 0. The summed E-state index contributed by atoms with van der Waals surface area (Å²) in [6, 6.07) is 0. The van der Waals surface area contributed by atoms with Crippen LogP contribution in [0.1, 0.15) is 19.8 Å². The molecule has 3 heteroatoms. The second-order valence-electron chi connectivity index (χ2n) is 2.84. The van der Waals surface area contributed by atoms with Crippen molar-refractivity contribution in [1.29, 1.82) is 0 Å². The van der Waals surface area contributed by atoms with E-state index in [1.54, 1.807) is 0 Å². The lowest BCUT2D eigenvalue weighted by atomic mass is 10.1. The van der Waals surface area contributed by atoms with Crippen LogP contribution in [-0.2, 0) is 0 Å². The molecule has 0 bridgehead atoms. The van der Waals surface area contributed by atoms with Crippen LogP contribution in [0.2, 0.25) is 0 Å². The molecule has 0 aromatic rings. The number of aliphatic hydroxyl groups is 1. The number of hydrogen-bond donors (Lipinski definition) is 1. The lowest BCUT2D eigenvalue weighted by molar-refractivity contribution is 0.166. The van der Waals surface area contributed by atoms with E-state index in [9.17, 15) is 5.11 Å². The molecule has 2 unspecified atom stereocenters. The Bertz CT molecular complexity index is 102. The van der Waals surface area contributed by atoms with E-state index >= 15 is 0 Å². The van der Waals surface area contributed by atoms with Crippen LogP contribution in [0.3, 0.4) is 0 Å². The van der Waals surface area contributed by atoms with E-state index in [2.05, 4.69) is 6.92 Å². The first-order chi connectivity index (χ1) is 5.34. The van der Waals surface area contributed by atoms with Gasteiger partial charge in [0, 0.05) is 22.5 Å². The summed E-state index contributed by atoms with van der Waals surface area (Å²) in [6.07, 6.45) is 2.01. The molecule has 0 saturated carbocycles. The van der Waals surface area contributed by atoms with Crippen LogP contribution in [0, 0.1) is 0 Å². The van der Waals surface area contributed by atoms with E-state index in [0.717, 1.165) is 18.6 Å². The van der Waals surface area contributed by atoms with Gasteiger partial charge in [0.2, 0.25) is 0 Å². The van der Waals surface area contributed by atoms with Crippen molar-refractivity contribution in [1.82, 2.24) is 0 Å². The van der Waals surface area contributed by atoms with Crippen molar-refractivity contribution in [2.24, 2.45) is 0 Å². The highest BCUT2D eigenvalue weighted by atomic mass is 32.2. The Morgan fingerprint density at radius 2 is 2.36 bits per heavy atom. The molecule has 0 spiro atoms. The predicted molar refractivity (Wildman–Crippen MR) is 54.5 cm³/mol. The highest BCUT2D eigenvalue weighted by Crippen LogP contribution is 2.27. The van der Waals surface area contributed by atoms with E-state index in [0.29, 0.717) is 5.25 Å². The van der Waals surface area contributed by atoms with Gasteiger partial charge in [0.1, 0.15) is 0 Å². The topological polar surface area (TPSA) is 20.2 Å². The molecule has 0 radical (unpaired) electrons. The van der Waals surface area contributed by atoms with Gasteiger partial charge in [-0.3, -0.25) is 0 Å². The third kappa shape index (κ3) is 3.26. The maximum atomic E-state index is 9.64. The summed E-state index contributed by atoms with van der Waals surface area (Å²) in [7, 11) is 0. The molecule has 0 aromatic heterocycles. The van der Waals surface area contributed by atoms with Gasteiger partial charge < -0.3 is 5.11 Å². The first-order valence-electron chi connectivity index (χ1n) is 4.22. The fraction of sp³-hybridized carbons (Fsp3) is 1.00. The fourth-order valence-corrected chi connectivity index (χ4v) is 4.02. The molecule has 1 fully saturated rings. The monoisotopic (exact) mass is 192 g/mol. The number of aliphatic hydroxyl groups excluding tert-OH is 1. The zero-order valence-electron chi connectivity index (χ0n) is 6.95. The van der Waals surface area contributed by atoms with Crippen molar-refractivity contribution in [3.63, 3.8) is 0 Å². The standard InChI is InChI=1S/C8H16OS2/c1-2-3-7(9)8-6-10-4-5-11-8/h7-9H,2-6H2,1H3. The van der Waals surface area contributed by atoms with Crippen LogP contribution in [0.5, 0.6) is 0 Å². The third-order valence-electron chi connectivity index (χ3n) is 1.86. The smallest absolute Gasteiger partial charge is 0.0666 e. The summed E-state index contributed by atoms with van der Waals surface area (Å²) in [6.45, 7) is 2.13. The minimum atomic E-state index is -0.0576. The highest BCUT2D eigenvalue weighted by Gasteiger charge is 2.21. The average Bonchev–Trinajstić information content (AvgIpc) is 2.07. The molecule has 0 amide bonds. The van der Waals surface area contributed by atoms with Crippen molar-refractivity contribution < 1.29 is 5.11 Å². The maximum Gasteiger partial charge on any atom is 0.0666 e. The molecule has 1 nitrogen and oxygen atoms in total. The van der Waals surface area contributed by atoms with Gasteiger partial charge in [0.05, 0.1) is 6.10 Å². The number of rotatable bonds is 3. The molecule has 1 heterocycles. The van der Waals surface area contributed by atoms with Crippen molar-refractivity contribution in [3.8, 4) is 0 Å². The van der Waals surface area contributed by atoms with Gasteiger partial charge >= 0.3 is 0 Å². The maximum absolute atomic E-state index is 9.64. The average molecular weight is 192 g/mol. The Morgan fingerprint density at radius 1 is 1.55 bits per heavy atom. The van der Waals surface area contributed by atoms with Gasteiger partial charge in [-0.1, -0.05) is 13.3 Å². The van der Waals surface area contributed by atoms with Gasteiger partial charge in [-0.25, -0.2) is 0 Å². The van der Waals surface area contributed by atoms with Gasteiger partial charge in [-0.15, -0.1) is 0 Å². The second kappa shape index (κ2) is 5.33. The largest absolute Gasteiger partial charge is 0.392 e. The minimum absolute atomic E-state index is 0.0576. The van der Waals surface area contributed by atoms with E-state index in [1.165, 1.54) is 11.5 Å². The van der Waals surface area contributed by atoms with Crippen LogP contribution in [0.15, 0.2) is 0 Å². The minimum Gasteiger partial charge on any atom is -0.392 e. The molecule has 2 atom stereocenters. The van der Waals surface area contributed by atoms with Crippen molar-refractivity contribution in [3.05, 3.63) is 0 Å². The number of hydrogen-bond acceptors (Lipinski definition) is 3. The van der Waals surface area contributed by atoms with E-state index in [-0.39, 0.29) is 6.10 Å².